The Hall–Kier alpha value is -3.43. The van der Waals surface area contributed by atoms with Gasteiger partial charge >= 0.3 is 12.0 Å². The molecule has 1 aromatic carbocycles. The minimum Gasteiger partial charge on any atom is -0.466 e. The molecule has 2 heterocycles. The molecule has 0 bridgehead atoms. The van der Waals surface area contributed by atoms with Gasteiger partial charge < -0.3 is 15.4 Å². The average molecular weight is 346 g/mol. The molecule has 10 heteroatoms. The van der Waals surface area contributed by atoms with Crippen LogP contribution in [0.15, 0.2) is 35.5 Å². The Balaban J connectivity index is 2.12. The summed E-state index contributed by atoms with van der Waals surface area (Å²) in [5.74, 6) is -1.31. The Morgan fingerprint density at radius 3 is 2.60 bits per heavy atom. The molecule has 0 aliphatic carbocycles. The van der Waals surface area contributed by atoms with E-state index in [2.05, 4.69) is 10.6 Å². The van der Waals surface area contributed by atoms with Gasteiger partial charge in [0.25, 0.3) is 11.6 Å². The number of nitrogens with one attached hydrogen (secondary N) is 2. The number of urea groups is 1. The van der Waals surface area contributed by atoms with Crippen molar-refractivity contribution in [3.8, 4) is 0 Å². The van der Waals surface area contributed by atoms with Crippen molar-refractivity contribution in [2.75, 3.05) is 20.2 Å². The number of benzene rings is 1. The fourth-order valence-corrected chi connectivity index (χ4v) is 2.84. The van der Waals surface area contributed by atoms with Crippen LogP contribution < -0.4 is 10.6 Å². The minimum absolute atomic E-state index is 0.0202. The number of piperazine rings is 1. The number of fused-ring (bicyclic) bond motifs is 1. The zero-order valence-corrected chi connectivity index (χ0v) is 13.1. The summed E-state index contributed by atoms with van der Waals surface area (Å²) in [5.41, 5.74) is 0.207. The van der Waals surface area contributed by atoms with Crippen LogP contribution in [0.4, 0.5) is 10.5 Å². The summed E-state index contributed by atoms with van der Waals surface area (Å²) < 4.78 is 4.77. The van der Waals surface area contributed by atoms with E-state index in [0.717, 1.165) is 0 Å². The largest absolute Gasteiger partial charge is 0.466 e. The number of esters is 1. The van der Waals surface area contributed by atoms with Crippen LogP contribution in [0.25, 0.3) is 0 Å². The topological polar surface area (TPSA) is 131 Å². The molecule has 25 heavy (non-hydrogen) atoms. The summed E-state index contributed by atoms with van der Waals surface area (Å²) in [6.07, 6.45) is 0. The number of carbonyl (C=O) groups excluding carboxylic acids is 3. The molecule has 130 valence electrons. The van der Waals surface area contributed by atoms with E-state index in [9.17, 15) is 24.5 Å². The van der Waals surface area contributed by atoms with Crippen LogP contribution in [-0.2, 0) is 14.3 Å². The van der Waals surface area contributed by atoms with Crippen molar-refractivity contribution in [1.29, 1.82) is 0 Å². The number of nitro groups is 1. The number of ether oxygens (including phenoxy) is 1. The van der Waals surface area contributed by atoms with Crippen molar-refractivity contribution in [1.82, 2.24) is 15.5 Å². The average Bonchev–Trinajstić information content (AvgIpc) is 2.61. The number of methoxy groups -OCH3 is 1. The summed E-state index contributed by atoms with van der Waals surface area (Å²) in [6, 6.07) is 3.88. The number of hydrogen-bond donors (Lipinski definition) is 2. The molecule has 1 saturated heterocycles. The lowest BCUT2D eigenvalue weighted by molar-refractivity contribution is -0.384. The maximum absolute atomic E-state index is 12.3. The normalized spacial score (nSPS) is 19.7. The van der Waals surface area contributed by atoms with Crippen LogP contribution in [0.2, 0.25) is 0 Å². The molecule has 3 amide bonds. The van der Waals surface area contributed by atoms with Gasteiger partial charge in [-0.2, -0.15) is 0 Å². The molecule has 0 aromatic heterocycles. The third kappa shape index (κ3) is 2.77. The molecular formula is C15H14N4O6. The van der Waals surface area contributed by atoms with Crippen molar-refractivity contribution < 1.29 is 24.0 Å². The first-order valence-electron chi connectivity index (χ1n) is 7.37. The number of amides is 3. The Bertz CT molecular complexity index is 801. The maximum Gasteiger partial charge on any atom is 0.338 e. The number of nitrogens with zero attached hydrogens (tertiary/aromatic N) is 2. The van der Waals surface area contributed by atoms with Crippen molar-refractivity contribution in [3.05, 3.63) is 51.2 Å². The zero-order valence-electron chi connectivity index (χ0n) is 13.1. The Morgan fingerprint density at radius 2 is 2.00 bits per heavy atom. The quantitative estimate of drug-likeness (QED) is 0.457. The van der Waals surface area contributed by atoms with Gasteiger partial charge in [0.15, 0.2) is 0 Å². The van der Waals surface area contributed by atoms with Gasteiger partial charge in [0.2, 0.25) is 0 Å². The lowest BCUT2D eigenvalue weighted by Gasteiger charge is -2.38. The predicted molar refractivity (Wildman–Crippen MR) is 83.1 cm³/mol. The fraction of sp³-hybridized carbons (Fsp3) is 0.267. The van der Waals surface area contributed by atoms with Gasteiger partial charge in [0.1, 0.15) is 5.70 Å². The number of rotatable bonds is 3. The van der Waals surface area contributed by atoms with Crippen molar-refractivity contribution in [2.24, 2.45) is 0 Å². The second kappa shape index (κ2) is 6.23. The molecule has 10 nitrogen and oxygen atoms in total. The molecule has 0 spiro atoms. The van der Waals surface area contributed by atoms with Crippen LogP contribution >= 0.6 is 0 Å². The van der Waals surface area contributed by atoms with E-state index < -0.39 is 28.9 Å². The van der Waals surface area contributed by atoms with E-state index in [1.807, 2.05) is 0 Å². The highest BCUT2D eigenvalue weighted by Gasteiger charge is 2.42. The molecule has 0 unspecified atom stereocenters. The summed E-state index contributed by atoms with van der Waals surface area (Å²) >= 11 is 0. The van der Waals surface area contributed by atoms with Crippen molar-refractivity contribution >= 4 is 23.6 Å². The number of hydrogen-bond acceptors (Lipinski definition) is 6. The van der Waals surface area contributed by atoms with E-state index in [0.29, 0.717) is 5.56 Å². The van der Waals surface area contributed by atoms with Gasteiger partial charge in [-0.15, -0.1) is 0 Å². The van der Waals surface area contributed by atoms with Crippen LogP contribution in [0.1, 0.15) is 11.6 Å². The third-order valence-electron chi connectivity index (χ3n) is 4.01. The molecular weight excluding hydrogens is 332 g/mol. The molecule has 1 aromatic rings. The molecule has 1 fully saturated rings. The first-order chi connectivity index (χ1) is 11.9. The van der Waals surface area contributed by atoms with E-state index in [-0.39, 0.29) is 30.0 Å². The highest BCUT2D eigenvalue weighted by atomic mass is 16.6. The predicted octanol–water partition coefficient (Wildman–Crippen LogP) is 0.218. The summed E-state index contributed by atoms with van der Waals surface area (Å²) in [5, 5.41) is 16.0. The fourth-order valence-electron chi connectivity index (χ4n) is 2.84. The molecule has 2 aliphatic rings. The molecule has 0 saturated carbocycles. The zero-order chi connectivity index (χ0) is 18.1. The van der Waals surface area contributed by atoms with Crippen LogP contribution in [0.3, 0.4) is 0 Å². The second-order valence-corrected chi connectivity index (χ2v) is 5.39. The third-order valence-corrected chi connectivity index (χ3v) is 4.01. The SMILES string of the molecule is COC(=O)C1=C2C(=O)NCCN2C(=O)N[C@@H]1c1ccc([N+](=O)[O-])cc1. The van der Waals surface area contributed by atoms with Crippen molar-refractivity contribution in [2.45, 2.75) is 6.04 Å². The smallest absolute Gasteiger partial charge is 0.338 e. The van der Waals surface area contributed by atoms with E-state index in [1.54, 1.807) is 0 Å². The van der Waals surface area contributed by atoms with Crippen LogP contribution in [0.5, 0.6) is 0 Å². The highest BCUT2D eigenvalue weighted by Crippen LogP contribution is 2.33. The molecule has 2 aliphatic heterocycles. The van der Waals surface area contributed by atoms with Gasteiger partial charge in [-0.3, -0.25) is 19.8 Å². The standard InChI is InChI=1S/C15H14N4O6/c1-25-14(21)10-11(8-2-4-9(5-3-8)19(23)24)17-15(22)18-7-6-16-13(20)12(10)18/h2-5,11H,6-7H2,1H3,(H,16,20)(H,17,22)/t11-/m1/s1. The summed E-state index contributed by atoms with van der Waals surface area (Å²) in [6.45, 7) is 0.493. The molecule has 2 N–H and O–H groups in total. The number of nitro benzene ring substituents is 1. The lowest BCUT2D eigenvalue weighted by Crippen LogP contribution is -2.57. The van der Waals surface area contributed by atoms with Crippen LogP contribution in [-0.4, -0.2) is 47.9 Å². The highest BCUT2D eigenvalue weighted by molar-refractivity contribution is 6.08. The first-order valence-corrected chi connectivity index (χ1v) is 7.37. The van der Waals surface area contributed by atoms with E-state index >= 15 is 0 Å². The van der Waals surface area contributed by atoms with E-state index in [1.165, 1.54) is 36.3 Å². The Kier molecular flexibility index (Phi) is 4.09. The molecule has 3 rings (SSSR count). The van der Waals surface area contributed by atoms with Gasteiger partial charge in [-0.05, 0) is 17.7 Å². The lowest BCUT2D eigenvalue weighted by atomic mass is 9.93. The number of non-ortho nitro benzene ring substituents is 1. The molecule has 1 atom stereocenters. The monoisotopic (exact) mass is 346 g/mol. The Labute approximate surface area is 141 Å². The maximum atomic E-state index is 12.3. The van der Waals surface area contributed by atoms with Gasteiger partial charge in [0.05, 0.1) is 23.6 Å². The summed E-state index contributed by atoms with van der Waals surface area (Å²) in [4.78, 5) is 48.3. The molecule has 0 radical (unpaired) electrons. The minimum atomic E-state index is -0.948. The first kappa shape index (κ1) is 16.4. The van der Waals surface area contributed by atoms with Gasteiger partial charge in [-0.25, -0.2) is 9.59 Å². The van der Waals surface area contributed by atoms with Gasteiger partial charge in [-0.1, -0.05) is 0 Å². The Morgan fingerprint density at radius 1 is 1.32 bits per heavy atom. The van der Waals surface area contributed by atoms with Crippen LogP contribution in [0, 0.1) is 10.1 Å². The summed E-state index contributed by atoms with van der Waals surface area (Å²) in [7, 11) is 1.17. The second-order valence-electron chi connectivity index (χ2n) is 5.39. The van der Waals surface area contributed by atoms with E-state index in [4.69, 9.17) is 4.74 Å². The van der Waals surface area contributed by atoms with Gasteiger partial charge in [0, 0.05) is 25.2 Å². The van der Waals surface area contributed by atoms with Crippen molar-refractivity contribution in [3.63, 3.8) is 0 Å². The number of carbonyl (C=O) groups is 3.